The topological polar surface area (TPSA) is 148 Å². The van der Waals surface area contributed by atoms with E-state index in [9.17, 15) is 14.4 Å². The van der Waals surface area contributed by atoms with E-state index in [2.05, 4.69) is 33.5 Å². The molecule has 0 fully saturated rings. The van der Waals surface area contributed by atoms with Crippen molar-refractivity contribution in [2.75, 3.05) is 12.0 Å². The molecule has 0 aliphatic rings. The van der Waals surface area contributed by atoms with Crippen LogP contribution in [0.1, 0.15) is 32.3 Å². The molecule has 2 N–H and O–H groups in total. The van der Waals surface area contributed by atoms with Gasteiger partial charge in [-0.2, -0.15) is 10.4 Å². The van der Waals surface area contributed by atoms with Gasteiger partial charge < -0.3 is 9.47 Å². The highest BCUT2D eigenvalue weighted by molar-refractivity contribution is 6.47. The van der Waals surface area contributed by atoms with Crippen molar-refractivity contribution in [2.45, 2.75) is 26.7 Å². The summed E-state index contributed by atoms with van der Waals surface area (Å²) < 4.78 is 11.4. The fraction of sp³-hybridized carbons (Fsp3) is 0.250. The number of aryl methyl sites for hydroxylation is 1. The highest BCUT2D eigenvalue weighted by atomic mass is 35.5. The molecule has 0 spiro atoms. The second-order valence-electron chi connectivity index (χ2n) is 7.22. The number of rotatable bonds is 8. The summed E-state index contributed by atoms with van der Waals surface area (Å²) in [6.07, 6.45) is 2.27. The van der Waals surface area contributed by atoms with Gasteiger partial charge in [-0.15, -0.1) is 5.10 Å². The highest BCUT2D eigenvalue weighted by Gasteiger charge is 2.17. The second-order valence-corrected chi connectivity index (χ2v) is 8.04. The summed E-state index contributed by atoms with van der Waals surface area (Å²) in [6.45, 7) is 12.1. The first-order valence-electron chi connectivity index (χ1n) is 10.7. The van der Waals surface area contributed by atoms with E-state index in [1.54, 1.807) is 25.1 Å². The average Bonchev–Trinajstić information content (AvgIpc) is 2.83. The number of allylic oxidation sites excluding steroid dienone is 2. The molecular weight excluding hydrogens is 523 g/mol. The van der Waals surface area contributed by atoms with Crippen LogP contribution in [0.15, 0.2) is 53.4 Å². The maximum absolute atomic E-state index is 12.2. The van der Waals surface area contributed by atoms with Crippen molar-refractivity contribution in [3.05, 3.63) is 69.5 Å². The molecule has 1 aromatic heterocycles. The Morgan fingerprint density at radius 3 is 2.32 bits per heavy atom. The Bertz CT molecular complexity index is 1270. The van der Waals surface area contributed by atoms with E-state index in [0.29, 0.717) is 5.56 Å². The van der Waals surface area contributed by atoms with Gasteiger partial charge >= 0.3 is 6.09 Å². The minimum absolute atomic E-state index is 0.0510. The number of anilines is 1. The van der Waals surface area contributed by atoms with Crippen molar-refractivity contribution in [2.24, 2.45) is 12.1 Å². The van der Waals surface area contributed by atoms with Crippen LogP contribution in [0.3, 0.4) is 0 Å². The molecule has 1 heterocycles. The predicted molar refractivity (Wildman–Crippen MR) is 142 cm³/mol. The average molecular weight is 549 g/mol. The third-order valence-electron chi connectivity index (χ3n) is 4.17. The zero-order valence-electron chi connectivity index (χ0n) is 20.7. The van der Waals surface area contributed by atoms with Crippen LogP contribution in [0.25, 0.3) is 0 Å². The van der Waals surface area contributed by atoms with Gasteiger partial charge in [-0.25, -0.2) is 9.48 Å². The number of halogens is 2. The van der Waals surface area contributed by atoms with Crippen LogP contribution >= 0.6 is 23.2 Å². The number of nitriles is 1. The quantitative estimate of drug-likeness (QED) is 0.268. The van der Waals surface area contributed by atoms with Crippen LogP contribution in [0.4, 0.5) is 10.5 Å². The maximum Gasteiger partial charge on any atom is 0.414 e. The molecule has 13 heteroatoms. The van der Waals surface area contributed by atoms with Gasteiger partial charge in [0.1, 0.15) is 6.07 Å². The van der Waals surface area contributed by atoms with E-state index in [0.717, 1.165) is 4.68 Å². The molecule has 0 aliphatic heterocycles. The van der Waals surface area contributed by atoms with E-state index in [4.69, 9.17) is 33.2 Å². The molecule has 0 saturated heterocycles. The Hall–Kier alpha value is -4.14. The molecule has 0 bridgehead atoms. The van der Waals surface area contributed by atoms with E-state index in [1.807, 2.05) is 19.2 Å². The molecule has 196 valence electrons. The fourth-order valence-corrected chi connectivity index (χ4v) is 3.02. The standard InChI is InChI=1S/C20H20Cl2N6O5.C4H6/c1-5-32-20(31)24-18(29)15(9-23)26-25-11-6-13(21)17(14(22)7-11)33-16-8-12(10(2)3)19(30)28(4)27-16;1-3-4-2/h6-8,10,25H,5H2,1-4H3,(H,24,29,31);3-4H,1-2H2/b26-15-;. The van der Waals surface area contributed by atoms with Gasteiger partial charge in [0, 0.05) is 18.7 Å². The van der Waals surface area contributed by atoms with E-state index < -0.39 is 17.7 Å². The summed E-state index contributed by atoms with van der Waals surface area (Å²) in [5.74, 6) is -0.915. The zero-order valence-corrected chi connectivity index (χ0v) is 22.2. The molecule has 2 rings (SSSR count). The van der Waals surface area contributed by atoms with Crippen LogP contribution in [0.2, 0.25) is 10.0 Å². The maximum atomic E-state index is 12.2. The fourth-order valence-electron chi connectivity index (χ4n) is 2.46. The van der Waals surface area contributed by atoms with Crippen molar-refractivity contribution in [3.63, 3.8) is 0 Å². The Balaban J connectivity index is 0.00000159. The number of ether oxygens (including phenoxy) is 2. The Morgan fingerprint density at radius 1 is 1.24 bits per heavy atom. The molecular formula is C24H26Cl2N6O5. The molecule has 0 atom stereocenters. The highest BCUT2D eigenvalue weighted by Crippen LogP contribution is 2.38. The zero-order chi connectivity index (χ0) is 28.1. The molecule has 0 radical (unpaired) electrons. The van der Waals surface area contributed by atoms with Crippen molar-refractivity contribution < 1.29 is 19.1 Å². The van der Waals surface area contributed by atoms with E-state index in [1.165, 1.54) is 25.2 Å². The van der Waals surface area contributed by atoms with E-state index in [-0.39, 0.29) is 45.4 Å². The number of aromatic nitrogens is 2. The molecule has 0 aliphatic carbocycles. The minimum Gasteiger partial charge on any atom is -0.450 e. The van der Waals surface area contributed by atoms with Crippen LogP contribution in [-0.4, -0.2) is 34.1 Å². The number of nitrogens with zero attached hydrogens (tertiary/aromatic N) is 4. The number of hydrogen-bond acceptors (Lipinski definition) is 9. The molecule has 2 amide bonds. The third kappa shape index (κ3) is 9.44. The normalized spacial score (nSPS) is 10.4. The minimum atomic E-state index is -1.05. The first-order chi connectivity index (χ1) is 17.5. The van der Waals surface area contributed by atoms with Gasteiger partial charge in [0.2, 0.25) is 11.6 Å². The molecule has 0 unspecified atom stereocenters. The first kappa shape index (κ1) is 30.9. The monoisotopic (exact) mass is 548 g/mol. The van der Waals surface area contributed by atoms with Crippen molar-refractivity contribution in [3.8, 4) is 17.7 Å². The molecule has 2 aromatic rings. The largest absolute Gasteiger partial charge is 0.450 e. The van der Waals surface area contributed by atoms with Gasteiger partial charge in [0.15, 0.2) is 5.75 Å². The number of amides is 2. The lowest BCUT2D eigenvalue weighted by Gasteiger charge is -2.13. The lowest BCUT2D eigenvalue weighted by Crippen LogP contribution is -2.36. The first-order valence-corrected chi connectivity index (χ1v) is 11.4. The predicted octanol–water partition coefficient (Wildman–Crippen LogP) is 4.93. The van der Waals surface area contributed by atoms with Crippen LogP contribution in [0, 0.1) is 11.3 Å². The number of hydrazone groups is 1. The molecule has 11 nitrogen and oxygen atoms in total. The summed E-state index contributed by atoms with van der Waals surface area (Å²) in [5.41, 5.74) is 2.32. The lowest BCUT2D eigenvalue weighted by molar-refractivity contribution is -0.114. The molecule has 0 saturated carbocycles. The smallest absolute Gasteiger partial charge is 0.414 e. The summed E-state index contributed by atoms with van der Waals surface area (Å²) in [4.78, 5) is 35.4. The Kier molecular flexibility index (Phi) is 12.6. The van der Waals surface area contributed by atoms with Crippen molar-refractivity contribution in [1.82, 2.24) is 15.1 Å². The Labute approximate surface area is 224 Å². The number of hydrogen-bond donors (Lipinski definition) is 2. The van der Waals surface area contributed by atoms with Crippen LogP contribution < -0.4 is 21.0 Å². The van der Waals surface area contributed by atoms with Crippen molar-refractivity contribution >= 4 is 46.6 Å². The van der Waals surface area contributed by atoms with Crippen LogP contribution in [-0.2, 0) is 16.6 Å². The number of alkyl carbamates (subject to hydrolysis) is 1. The summed E-state index contributed by atoms with van der Waals surface area (Å²) in [7, 11) is 1.50. The van der Waals surface area contributed by atoms with Gasteiger partial charge in [0.05, 0.1) is 22.3 Å². The summed E-state index contributed by atoms with van der Waals surface area (Å²) >= 11 is 12.5. The third-order valence-corrected chi connectivity index (χ3v) is 4.73. The van der Waals surface area contributed by atoms with Gasteiger partial charge in [0.25, 0.3) is 11.5 Å². The van der Waals surface area contributed by atoms with Crippen LogP contribution in [0.5, 0.6) is 11.6 Å². The Morgan fingerprint density at radius 2 is 1.84 bits per heavy atom. The van der Waals surface area contributed by atoms with Crippen molar-refractivity contribution in [1.29, 1.82) is 5.26 Å². The summed E-state index contributed by atoms with van der Waals surface area (Å²) in [5, 5.41) is 18.8. The van der Waals surface area contributed by atoms with Gasteiger partial charge in [-0.1, -0.05) is 62.4 Å². The van der Waals surface area contributed by atoms with E-state index >= 15 is 0 Å². The number of benzene rings is 1. The number of carbonyl (C=O) groups is 2. The molecule has 1 aromatic carbocycles. The number of imide groups is 1. The van der Waals surface area contributed by atoms with Gasteiger partial charge in [-0.05, 0) is 25.0 Å². The molecule has 37 heavy (non-hydrogen) atoms. The van der Waals surface area contributed by atoms with Gasteiger partial charge in [-0.3, -0.25) is 20.3 Å². The number of nitrogens with one attached hydrogen (secondary N) is 2. The summed E-state index contributed by atoms with van der Waals surface area (Å²) in [6, 6.07) is 5.84. The lowest BCUT2D eigenvalue weighted by atomic mass is 10.1. The SMILES string of the molecule is C=CC=C.CCOC(=O)NC(=O)/C(C#N)=N\Nc1cc(Cl)c(Oc2cc(C(C)C)c(=O)n(C)n2)c(Cl)c1. The number of carbonyl (C=O) groups excluding carboxylic acids is 2. The second kappa shape index (κ2) is 15.1.